The highest BCUT2D eigenvalue weighted by Gasteiger charge is 2.29. The van der Waals surface area contributed by atoms with Gasteiger partial charge in [0, 0.05) is 4.88 Å². The molecule has 1 fully saturated rings. The molecule has 0 aromatic carbocycles. The number of esters is 1. The predicted octanol–water partition coefficient (Wildman–Crippen LogP) is 3.12. The van der Waals surface area contributed by atoms with Gasteiger partial charge in [-0.2, -0.15) is 0 Å². The van der Waals surface area contributed by atoms with Crippen LogP contribution in [0.15, 0.2) is 17.5 Å². The number of carbonyl (C=O) groups excluding carboxylic acids is 1. The summed E-state index contributed by atoms with van der Waals surface area (Å²) >= 11 is 1.50. The molecule has 2 rings (SSSR count). The zero-order valence-corrected chi connectivity index (χ0v) is 11.8. The van der Waals surface area contributed by atoms with Crippen LogP contribution in [0.2, 0.25) is 0 Å². The number of thiophene rings is 1. The molecule has 2 N–H and O–H groups in total. The van der Waals surface area contributed by atoms with Gasteiger partial charge < -0.3 is 10.5 Å². The van der Waals surface area contributed by atoms with E-state index in [0.29, 0.717) is 5.92 Å². The van der Waals surface area contributed by atoms with E-state index in [2.05, 4.69) is 13.8 Å². The highest BCUT2D eigenvalue weighted by atomic mass is 32.1. The molecule has 100 valence electrons. The molecule has 0 spiro atoms. The maximum atomic E-state index is 12.0. The lowest BCUT2D eigenvalue weighted by atomic mass is 9.80. The average molecular weight is 267 g/mol. The van der Waals surface area contributed by atoms with Crippen LogP contribution >= 0.6 is 11.3 Å². The van der Waals surface area contributed by atoms with E-state index in [9.17, 15) is 4.79 Å². The summed E-state index contributed by atoms with van der Waals surface area (Å²) < 4.78 is 5.54. The molecule has 4 atom stereocenters. The molecule has 1 aliphatic rings. The maximum absolute atomic E-state index is 12.0. The summed E-state index contributed by atoms with van der Waals surface area (Å²) in [6, 6.07) is 3.15. The van der Waals surface area contributed by atoms with Crippen LogP contribution in [0.1, 0.15) is 44.0 Å². The lowest BCUT2D eigenvalue weighted by Crippen LogP contribution is -2.32. The van der Waals surface area contributed by atoms with Crippen LogP contribution in [0.25, 0.3) is 0 Å². The standard InChI is InChI=1S/C14H21NO2S/c1-9-5-6-11(8-10(9)2)17-14(16)13(15)12-4-3-7-18-12/h3-4,7,9-11,13H,5-6,8,15H2,1-2H3. The first-order valence-corrected chi connectivity index (χ1v) is 7.45. The zero-order chi connectivity index (χ0) is 13.1. The molecular formula is C14H21NO2S. The summed E-state index contributed by atoms with van der Waals surface area (Å²) in [6.07, 6.45) is 3.11. The SMILES string of the molecule is CC1CCC(OC(=O)C(N)c2cccs2)CC1C. The van der Waals surface area contributed by atoms with Crippen molar-refractivity contribution in [3.63, 3.8) is 0 Å². The van der Waals surface area contributed by atoms with Crippen LogP contribution in [0.4, 0.5) is 0 Å². The fourth-order valence-electron chi connectivity index (χ4n) is 2.43. The van der Waals surface area contributed by atoms with E-state index in [1.165, 1.54) is 11.3 Å². The van der Waals surface area contributed by atoms with Crippen molar-refractivity contribution in [2.24, 2.45) is 17.6 Å². The van der Waals surface area contributed by atoms with Crippen LogP contribution in [-0.4, -0.2) is 12.1 Å². The van der Waals surface area contributed by atoms with Gasteiger partial charge in [0.1, 0.15) is 12.1 Å². The molecule has 1 aromatic rings. The number of carbonyl (C=O) groups is 1. The Morgan fingerprint density at radius 3 is 2.83 bits per heavy atom. The number of nitrogens with two attached hydrogens (primary N) is 1. The van der Waals surface area contributed by atoms with Crippen molar-refractivity contribution in [2.45, 2.75) is 45.3 Å². The average Bonchev–Trinajstić information content (AvgIpc) is 2.86. The van der Waals surface area contributed by atoms with Crippen molar-refractivity contribution in [2.75, 3.05) is 0 Å². The lowest BCUT2D eigenvalue weighted by Gasteiger charge is -2.32. The van der Waals surface area contributed by atoms with E-state index in [-0.39, 0.29) is 12.1 Å². The minimum Gasteiger partial charge on any atom is -0.461 e. The molecule has 4 heteroatoms. The molecule has 1 aromatic heterocycles. The predicted molar refractivity (Wildman–Crippen MR) is 73.3 cm³/mol. The Morgan fingerprint density at radius 2 is 2.22 bits per heavy atom. The van der Waals surface area contributed by atoms with E-state index in [1.54, 1.807) is 0 Å². The largest absolute Gasteiger partial charge is 0.461 e. The molecule has 0 bridgehead atoms. The van der Waals surface area contributed by atoms with Gasteiger partial charge in [-0.05, 0) is 42.5 Å². The van der Waals surface area contributed by atoms with Crippen molar-refractivity contribution in [1.29, 1.82) is 0 Å². The van der Waals surface area contributed by atoms with E-state index in [0.717, 1.165) is 30.1 Å². The second-order valence-electron chi connectivity index (χ2n) is 5.32. The van der Waals surface area contributed by atoms with Crippen LogP contribution in [0.5, 0.6) is 0 Å². The molecular weight excluding hydrogens is 246 g/mol. The van der Waals surface area contributed by atoms with E-state index < -0.39 is 6.04 Å². The number of rotatable bonds is 3. The van der Waals surface area contributed by atoms with Crippen molar-refractivity contribution in [1.82, 2.24) is 0 Å². The Labute approximate surface area is 112 Å². The fourth-order valence-corrected chi connectivity index (χ4v) is 3.14. The summed E-state index contributed by atoms with van der Waals surface area (Å²) in [4.78, 5) is 12.8. The molecule has 0 aliphatic heterocycles. The first kappa shape index (κ1) is 13.6. The third-order valence-electron chi connectivity index (χ3n) is 3.94. The van der Waals surface area contributed by atoms with Crippen LogP contribution in [0, 0.1) is 11.8 Å². The normalized spacial score (nSPS) is 29.8. The van der Waals surface area contributed by atoms with Crippen molar-refractivity contribution >= 4 is 17.3 Å². The second-order valence-corrected chi connectivity index (χ2v) is 6.30. The van der Waals surface area contributed by atoms with Gasteiger partial charge in [-0.15, -0.1) is 11.3 Å². The first-order chi connectivity index (χ1) is 8.58. The molecule has 3 nitrogen and oxygen atoms in total. The van der Waals surface area contributed by atoms with Crippen molar-refractivity contribution in [3.8, 4) is 0 Å². The molecule has 0 radical (unpaired) electrons. The van der Waals surface area contributed by atoms with Gasteiger partial charge in [-0.1, -0.05) is 19.9 Å². The van der Waals surface area contributed by atoms with Crippen LogP contribution < -0.4 is 5.73 Å². The van der Waals surface area contributed by atoms with Gasteiger partial charge in [0.05, 0.1) is 0 Å². The third-order valence-corrected chi connectivity index (χ3v) is 4.89. The summed E-state index contributed by atoms with van der Waals surface area (Å²) in [6.45, 7) is 4.49. The quantitative estimate of drug-likeness (QED) is 0.856. The Balaban J connectivity index is 1.88. The minimum atomic E-state index is -0.625. The number of hydrogen-bond donors (Lipinski definition) is 1. The summed E-state index contributed by atoms with van der Waals surface area (Å²) in [5.74, 6) is 1.06. The molecule has 0 saturated heterocycles. The molecule has 0 amide bonds. The fraction of sp³-hybridized carbons (Fsp3) is 0.643. The molecule has 1 saturated carbocycles. The molecule has 1 aliphatic carbocycles. The van der Waals surface area contributed by atoms with Crippen LogP contribution in [0.3, 0.4) is 0 Å². The summed E-state index contributed by atoms with van der Waals surface area (Å²) in [5.41, 5.74) is 5.90. The monoisotopic (exact) mass is 267 g/mol. The Hall–Kier alpha value is -0.870. The van der Waals surface area contributed by atoms with Crippen molar-refractivity contribution < 1.29 is 9.53 Å². The summed E-state index contributed by atoms with van der Waals surface area (Å²) in [5, 5.41) is 1.92. The third kappa shape index (κ3) is 3.12. The van der Waals surface area contributed by atoms with Gasteiger partial charge in [0.15, 0.2) is 0 Å². The lowest BCUT2D eigenvalue weighted by molar-refractivity contribution is -0.153. The van der Waals surface area contributed by atoms with Gasteiger partial charge in [-0.3, -0.25) is 0 Å². The highest BCUT2D eigenvalue weighted by Crippen LogP contribution is 2.31. The van der Waals surface area contributed by atoms with E-state index >= 15 is 0 Å². The topological polar surface area (TPSA) is 52.3 Å². The molecule has 4 unspecified atom stereocenters. The second kappa shape index (κ2) is 5.85. The Morgan fingerprint density at radius 1 is 1.44 bits per heavy atom. The van der Waals surface area contributed by atoms with E-state index in [1.807, 2.05) is 17.5 Å². The first-order valence-electron chi connectivity index (χ1n) is 6.57. The Bertz CT molecular complexity index is 391. The van der Waals surface area contributed by atoms with Gasteiger partial charge in [0.2, 0.25) is 0 Å². The molecule has 1 heterocycles. The smallest absolute Gasteiger partial charge is 0.328 e. The minimum absolute atomic E-state index is 0.0507. The maximum Gasteiger partial charge on any atom is 0.328 e. The Kier molecular flexibility index (Phi) is 4.40. The van der Waals surface area contributed by atoms with E-state index in [4.69, 9.17) is 10.5 Å². The van der Waals surface area contributed by atoms with Crippen LogP contribution in [-0.2, 0) is 9.53 Å². The van der Waals surface area contributed by atoms with Crippen molar-refractivity contribution in [3.05, 3.63) is 22.4 Å². The number of hydrogen-bond acceptors (Lipinski definition) is 4. The van der Waals surface area contributed by atoms with Gasteiger partial charge in [-0.25, -0.2) is 4.79 Å². The molecule has 18 heavy (non-hydrogen) atoms. The zero-order valence-electron chi connectivity index (χ0n) is 11.0. The number of ether oxygens (including phenoxy) is 1. The summed E-state index contributed by atoms with van der Waals surface area (Å²) in [7, 11) is 0. The van der Waals surface area contributed by atoms with Gasteiger partial charge >= 0.3 is 5.97 Å². The highest BCUT2D eigenvalue weighted by molar-refractivity contribution is 7.10. The van der Waals surface area contributed by atoms with Gasteiger partial charge in [0.25, 0.3) is 0 Å².